The predicted molar refractivity (Wildman–Crippen MR) is 279 cm³/mol. The average Bonchev–Trinajstić information content (AvgIpc) is 3.81. The maximum absolute atomic E-state index is 14.4. The first-order valence-corrected chi connectivity index (χ1v) is 25.2. The second-order valence-corrected chi connectivity index (χ2v) is 18.2. The fraction of sp³-hybridized carbons (Fsp3) is 0.258. The SMILES string of the molecule is CO[C@H]1O[C@H](CO[C@@]2(COC(=O)c3ccccc3)O[C@H](COC(=O)c3ccccc3)[C@@H](OC(=O)c3ccccc3)[C@@H]2OC(=O)c2ccccc2)[C@@H](OCc2ccccc2)[C@H](OCc2ccccc2)[C@@H]1OCc1ccccc1. The second-order valence-electron chi connectivity index (χ2n) is 18.2. The maximum Gasteiger partial charge on any atom is 0.338 e. The molecule has 0 amide bonds. The quantitative estimate of drug-likeness (QED) is 0.0438. The first kappa shape index (κ1) is 53.9. The zero-order chi connectivity index (χ0) is 53.2. The molecule has 0 saturated carbocycles. The molecule has 0 bridgehead atoms. The number of benzene rings is 7. The minimum absolute atomic E-state index is 0.0969. The van der Waals surface area contributed by atoms with E-state index in [1.165, 1.54) is 7.11 Å². The molecule has 15 heteroatoms. The van der Waals surface area contributed by atoms with Gasteiger partial charge in [-0.15, -0.1) is 0 Å². The number of hydrogen-bond acceptors (Lipinski definition) is 15. The van der Waals surface area contributed by atoms with Gasteiger partial charge in [-0.1, -0.05) is 164 Å². The molecular formula is C62H58O15. The summed E-state index contributed by atoms with van der Waals surface area (Å²) in [6.45, 7) is -1.36. The van der Waals surface area contributed by atoms with E-state index in [0.29, 0.717) is 0 Å². The van der Waals surface area contributed by atoms with Gasteiger partial charge in [0.05, 0.1) is 48.7 Å². The van der Waals surface area contributed by atoms with Crippen LogP contribution in [0.4, 0.5) is 0 Å². The van der Waals surface area contributed by atoms with Crippen molar-refractivity contribution < 1.29 is 71.3 Å². The van der Waals surface area contributed by atoms with E-state index in [9.17, 15) is 19.2 Å². The largest absolute Gasteiger partial charge is 0.459 e. The number of esters is 4. The molecule has 2 aliphatic heterocycles. The summed E-state index contributed by atoms with van der Waals surface area (Å²) in [6.07, 6.45) is -9.68. The van der Waals surface area contributed by atoms with E-state index in [0.717, 1.165) is 16.7 Å². The molecule has 2 fully saturated rings. The molecule has 9 rings (SSSR count). The Labute approximate surface area is 446 Å². The van der Waals surface area contributed by atoms with Crippen LogP contribution >= 0.6 is 0 Å². The molecule has 0 aromatic heterocycles. The van der Waals surface area contributed by atoms with Crippen molar-refractivity contribution in [3.05, 3.63) is 251 Å². The summed E-state index contributed by atoms with van der Waals surface area (Å²) in [5.41, 5.74) is 3.31. The molecule has 77 heavy (non-hydrogen) atoms. The summed E-state index contributed by atoms with van der Waals surface area (Å²) in [6, 6.07) is 61.6. The molecule has 0 aliphatic carbocycles. The first-order chi connectivity index (χ1) is 37.8. The van der Waals surface area contributed by atoms with Crippen molar-refractivity contribution in [3.8, 4) is 0 Å². The van der Waals surface area contributed by atoms with E-state index in [4.69, 9.17) is 52.1 Å². The minimum atomic E-state index is -2.34. The van der Waals surface area contributed by atoms with Gasteiger partial charge in [-0.3, -0.25) is 0 Å². The monoisotopic (exact) mass is 1040 g/mol. The second kappa shape index (κ2) is 26.8. The zero-order valence-corrected chi connectivity index (χ0v) is 42.2. The third-order valence-corrected chi connectivity index (χ3v) is 12.9. The van der Waals surface area contributed by atoms with Gasteiger partial charge in [0, 0.05) is 7.11 Å². The summed E-state index contributed by atoms with van der Waals surface area (Å²) in [7, 11) is 1.48. The molecule has 396 valence electrons. The lowest BCUT2D eigenvalue weighted by atomic mass is 9.97. The van der Waals surface area contributed by atoms with Gasteiger partial charge >= 0.3 is 23.9 Å². The van der Waals surface area contributed by atoms with Crippen LogP contribution in [0.15, 0.2) is 212 Å². The van der Waals surface area contributed by atoms with Crippen LogP contribution in [0, 0.1) is 0 Å². The van der Waals surface area contributed by atoms with Crippen LogP contribution in [0.3, 0.4) is 0 Å². The highest BCUT2D eigenvalue weighted by atomic mass is 16.8. The third-order valence-electron chi connectivity index (χ3n) is 12.9. The highest BCUT2D eigenvalue weighted by molar-refractivity contribution is 5.91. The van der Waals surface area contributed by atoms with Crippen LogP contribution in [0.1, 0.15) is 58.1 Å². The molecule has 7 aromatic carbocycles. The number of carbonyl (C=O) groups is 4. The summed E-state index contributed by atoms with van der Waals surface area (Å²) >= 11 is 0. The number of hydrogen-bond donors (Lipinski definition) is 0. The van der Waals surface area contributed by atoms with Crippen molar-refractivity contribution in [2.45, 2.75) is 74.6 Å². The van der Waals surface area contributed by atoms with Crippen molar-refractivity contribution in [1.82, 2.24) is 0 Å². The maximum atomic E-state index is 14.4. The number of methoxy groups -OCH3 is 1. The molecule has 9 atom stereocenters. The standard InChI is InChI=1S/C62H58O15/c1-67-61-55(70-39-45-27-13-4-14-28-45)54(69-38-44-25-11-3-12-26-44)52(68-37-43-23-9-2-10-24-43)50(74-61)41-73-62(42-72-58(64)47-31-17-6-18-32-47)56(76-60(66)49-35-21-8-22-36-49)53(75-59(65)48-33-19-7-20-34-48)51(77-62)40-71-57(63)46-29-15-5-16-30-46/h2-36,50-56,61H,37-42H2,1H3/t50-,51-,52-,53-,54+,55+,56+,61+,62+/m1/s1. The number of carbonyl (C=O) groups excluding carboxylic acids is 4. The smallest absolute Gasteiger partial charge is 0.338 e. The lowest BCUT2D eigenvalue weighted by Gasteiger charge is -2.46. The number of rotatable bonds is 23. The van der Waals surface area contributed by atoms with Crippen molar-refractivity contribution in [2.75, 3.05) is 26.9 Å². The van der Waals surface area contributed by atoms with Crippen LogP contribution in [0.5, 0.6) is 0 Å². The Morgan fingerprint density at radius 3 is 1.26 bits per heavy atom. The van der Waals surface area contributed by atoms with Crippen molar-refractivity contribution in [1.29, 1.82) is 0 Å². The minimum Gasteiger partial charge on any atom is -0.459 e. The Morgan fingerprint density at radius 2 is 0.805 bits per heavy atom. The van der Waals surface area contributed by atoms with E-state index < -0.39 is 98.5 Å². The van der Waals surface area contributed by atoms with Gasteiger partial charge in [0.25, 0.3) is 0 Å². The van der Waals surface area contributed by atoms with Gasteiger partial charge in [-0.25, -0.2) is 19.2 Å². The molecule has 2 saturated heterocycles. The van der Waals surface area contributed by atoms with Crippen LogP contribution in [-0.4, -0.2) is 106 Å². The normalized spacial score (nSPS) is 22.8. The fourth-order valence-corrected chi connectivity index (χ4v) is 8.99. The Morgan fingerprint density at radius 1 is 0.416 bits per heavy atom. The predicted octanol–water partition coefficient (Wildman–Crippen LogP) is 9.39. The molecule has 0 unspecified atom stereocenters. The van der Waals surface area contributed by atoms with Gasteiger partial charge in [-0.2, -0.15) is 0 Å². The summed E-state index contributed by atoms with van der Waals surface area (Å²) < 4.78 is 71.7. The topological polar surface area (TPSA) is 170 Å². The highest BCUT2D eigenvalue weighted by Crippen LogP contribution is 2.40. The van der Waals surface area contributed by atoms with Crippen LogP contribution in [0.25, 0.3) is 0 Å². The molecule has 0 radical (unpaired) electrons. The molecule has 0 N–H and O–H groups in total. The van der Waals surface area contributed by atoms with E-state index >= 15 is 0 Å². The molecule has 2 aliphatic rings. The Bertz CT molecular complexity index is 2940. The lowest BCUT2D eigenvalue weighted by molar-refractivity contribution is -0.341. The summed E-state index contributed by atoms with van der Waals surface area (Å²) in [5, 5.41) is 0. The van der Waals surface area contributed by atoms with E-state index in [-0.39, 0.29) is 42.1 Å². The van der Waals surface area contributed by atoms with E-state index in [2.05, 4.69) is 0 Å². The first-order valence-electron chi connectivity index (χ1n) is 25.2. The lowest BCUT2D eigenvalue weighted by Crippen LogP contribution is -2.62. The summed E-state index contributed by atoms with van der Waals surface area (Å²) in [5.74, 6) is -5.54. The highest BCUT2D eigenvalue weighted by Gasteiger charge is 2.63. The molecule has 2 heterocycles. The Balaban J connectivity index is 1.12. The Kier molecular flexibility index (Phi) is 18.7. The van der Waals surface area contributed by atoms with Crippen LogP contribution in [0.2, 0.25) is 0 Å². The average molecular weight is 1040 g/mol. The van der Waals surface area contributed by atoms with Gasteiger partial charge in [0.2, 0.25) is 5.79 Å². The van der Waals surface area contributed by atoms with E-state index in [1.54, 1.807) is 121 Å². The van der Waals surface area contributed by atoms with Crippen molar-refractivity contribution >= 4 is 23.9 Å². The molecule has 0 spiro atoms. The number of ether oxygens (including phenoxy) is 11. The van der Waals surface area contributed by atoms with Gasteiger partial charge in [-0.05, 0) is 65.2 Å². The summed E-state index contributed by atoms with van der Waals surface area (Å²) in [4.78, 5) is 56.3. The van der Waals surface area contributed by atoms with Crippen molar-refractivity contribution in [3.63, 3.8) is 0 Å². The Hall–Kier alpha value is -7.86. The zero-order valence-electron chi connectivity index (χ0n) is 42.2. The van der Waals surface area contributed by atoms with E-state index in [1.807, 2.05) is 91.0 Å². The van der Waals surface area contributed by atoms with Gasteiger partial charge in [0.15, 0.2) is 18.5 Å². The molecular weight excluding hydrogens is 985 g/mol. The fourth-order valence-electron chi connectivity index (χ4n) is 8.99. The van der Waals surface area contributed by atoms with Crippen LogP contribution < -0.4 is 0 Å². The van der Waals surface area contributed by atoms with Gasteiger partial charge in [0.1, 0.15) is 43.7 Å². The third kappa shape index (κ3) is 14.1. The van der Waals surface area contributed by atoms with Crippen LogP contribution in [-0.2, 0) is 71.9 Å². The molecule has 7 aromatic rings. The van der Waals surface area contributed by atoms with Crippen molar-refractivity contribution in [2.24, 2.45) is 0 Å². The molecule has 15 nitrogen and oxygen atoms in total. The van der Waals surface area contributed by atoms with Gasteiger partial charge < -0.3 is 52.1 Å².